The Kier molecular flexibility index (Phi) is 3.98. The van der Waals surface area contributed by atoms with E-state index in [0.29, 0.717) is 0 Å². The van der Waals surface area contributed by atoms with Crippen LogP contribution in [0.3, 0.4) is 0 Å². The molecule has 0 aromatic rings. The minimum absolute atomic E-state index is 0.245. The minimum atomic E-state index is -2.93. The molecule has 66 valence electrons. The second kappa shape index (κ2) is 4.24. The minimum Gasteiger partial charge on any atom is -0.355 e. The third-order valence-electron chi connectivity index (χ3n) is 0.864. The van der Waals surface area contributed by atoms with Crippen LogP contribution in [0, 0.1) is 0 Å². The molecule has 6 nitrogen and oxygen atoms in total. The molecular formula is C5H12N2O4. The number of amides is 1. The Morgan fingerprint density at radius 1 is 1.45 bits per heavy atom. The number of hydrogen-bond donors (Lipinski definition) is 5. The normalized spacial score (nSPS) is 11.3. The molecule has 0 saturated carbocycles. The fraction of sp³-hybridized carbons (Fsp3) is 0.800. The van der Waals surface area contributed by atoms with E-state index in [1.165, 1.54) is 0 Å². The van der Waals surface area contributed by atoms with Crippen molar-refractivity contribution in [1.82, 2.24) is 5.32 Å². The number of carbonyl (C=O) groups is 1. The summed E-state index contributed by atoms with van der Waals surface area (Å²) in [5.74, 6) is -3.60. The molecule has 0 bridgehead atoms. The van der Waals surface area contributed by atoms with E-state index in [2.05, 4.69) is 5.32 Å². The number of hydrogen-bond acceptors (Lipinski definition) is 5. The first kappa shape index (κ1) is 10.3. The van der Waals surface area contributed by atoms with Crippen LogP contribution in [0.5, 0.6) is 0 Å². The Labute approximate surface area is 63.6 Å². The van der Waals surface area contributed by atoms with Crippen molar-refractivity contribution < 1.29 is 20.1 Å². The molecule has 0 aliphatic heterocycles. The highest BCUT2D eigenvalue weighted by Gasteiger charge is 2.22. The summed E-state index contributed by atoms with van der Waals surface area (Å²) in [5, 5.41) is 27.2. The van der Waals surface area contributed by atoms with Crippen molar-refractivity contribution >= 4 is 5.91 Å². The van der Waals surface area contributed by atoms with Crippen molar-refractivity contribution in [3.05, 3.63) is 0 Å². The van der Waals surface area contributed by atoms with E-state index < -0.39 is 18.3 Å². The van der Waals surface area contributed by atoms with E-state index in [1.54, 1.807) is 0 Å². The van der Waals surface area contributed by atoms with E-state index >= 15 is 0 Å². The van der Waals surface area contributed by atoms with Gasteiger partial charge in [0.2, 0.25) is 5.91 Å². The van der Waals surface area contributed by atoms with Crippen LogP contribution >= 0.6 is 0 Å². The van der Waals surface area contributed by atoms with Gasteiger partial charge in [0.1, 0.15) is 6.42 Å². The fourth-order valence-corrected chi connectivity index (χ4v) is 0.489. The first-order chi connectivity index (χ1) is 4.95. The molecule has 6 heteroatoms. The Balaban J connectivity index is 3.53. The van der Waals surface area contributed by atoms with Gasteiger partial charge in [-0.25, -0.2) is 0 Å². The molecule has 1 amide bonds. The molecule has 0 radical (unpaired) electrons. The second-order valence-corrected chi connectivity index (χ2v) is 2.09. The monoisotopic (exact) mass is 164 g/mol. The topological polar surface area (TPSA) is 116 Å². The largest absolute Gasteiger partial charge is 0.355 e. The highest BCUT2D eigenvalue weighted by atomic mass is 16.7. The zero-order chi connectivity index (χ0) is 8.91. The van der Waals surface area contributed by atoms with Gasteiger partial charge in [-0.15, -0.1) is 0 Å². The number of aliphatic hydroxyl groups is 3. The smallest absolute Gasteiger partial charge is 0.284 e. The molecule has 0 spiro atoms. The fourth-order valence-electron chi connectivity index (χ4n) is 0.489. The molecule has 0 atom stereocenters. The molecule has 0 saturated heterocycles. The lowest BCUT2D eigenvalue weighted by molar-refractivity contribution is -0.309. The Hall–Kier alpha value is -0.690. The van der Waals surface area contributed by atoms with Gasteiger partial charge in [-0.3, -0.25) is 4.79 Å². The first-order valence-electron chi connectivity index (χ1n) is 3.09. The Bertz CT molecular complexity index is 131. The Morgan fingerprint density at radius 3 is 2.36 bits per heavy atom. The second-order valence-electron chi connectivity index (χ2n) is 2.09. The van der Waals surface area contributed by atoms with Crippen LogP contribution in [0.25, 0.3) is 0 Å². The number of nitrogens with two attached hydrogens (primary N) is 1. The van der Waals surface area contributed by atoms with Crippen LogP contribution < -0.4 is 11.1 Å². The molecule has 6 N–H and O–H groups in total. The molecule has 0 aliphatic carbocycles. The van der Waals surface area contributed by atoms with Gasteiger partial charge in [0, 0.05) is 13.1 Å². The Morgan fingerprint density at radius 2 is 2.00 bits per heavy atom. The van der Waals surface area contributed by atoms with Crippen LogP contribution in [-0.2, 0) is 4.79 Å². The van der Waals surface area contributed by atoms with Gasteiger partial charge in [0.15, 0.2) is 0 Å². The van der Waals surface area contributed by atoms with Crippen molar-refractivity contribution in [2.24, 2.45) is 5.73 Å². The molecular weight excluding hydrogens is 152 g/mol. The maximum absolute atomic E-state index is 10.6. The lowest BCUT2D eigenvalue weighted by Gasteiger charge is -2.12. The van der Waals surface area contributed by atoms with E-state index in [1.807, 2.05) is 0 Å². The molecule has 0 aromatic carbocycles. The van der Waals surface area contributed by atoms with Crippen LogP contribution in [0.1, 0.15) is 6.42 Å². The zero-order valence-corrected chi connectivity index (χ0v) is 5.95. The van der Waals surface area contributed by atoms with Crippen molar-refractivity contribution in [2.75, 3.05) is 13.1 Å². The van der Waals surface area contributed by atoms with Gasteiger partial charge in [0.05, 0.1) is 0 Å². The van der Waals surface area contributed by atoms with Gasteiger partial charge in [-0.05, 0) is 0 Å². The quantitative estimate of drug-likeness (QED) is 0.285. The first-order valence-corrected chi connectivity index (χ1v) is 3.09. The number of carbonyl (C=O) groups excluding carboxylic acids is 1. The summed E-state index contributed by atoms with van der Waals surface area (Å²) in [5.41, 5.74) is 5.04. The predicted octanol–water partition coefficient (Wildman–Crippen LogP) is -2.92. The molecule has 0 aromatic heterocycles. The summed E-state index contributed by atoms with van der Waals surface area (Å²) in [6, 6.07) is 0. The van der Waals surface area contributed by atoms with Crippen LogP contribution in [0.4, 0.5) is 0 Å². The van der Waals surface area contributed by atoms with Crippen molar-refractivity contribution in [1.29, 1.82) is 0 Å². The van der Waals surface area contributed by atoms with E-state index in [-0.39, 0.29) is 13.1 Å². The van der Waals surface area contributed by atoms with Gasteiger partial charge >= 0.3 is 0 Å². The van der Waals surface area contributed by atoms with Gasteiger partial charge in [0.25, 0.3) is 5.97 Å². The third-order valence-corrected chi connectivity index (χ3v) is 0.864. The number of nitrogens with one attached hydrogen (secondary N) is 1. The predicted molar refractivity (Wildman–Crippen MR) is 36.1 cm³/mol. The summed E-state index contributed by atoms with van der Waals surface area (Å²) >= 11 is 0. The summed E-state index contributed by atoms with van der Waals surface area (Å²) in [6.07, 6.45) is -0.771. The SMILES string of the molecule is NCCNC(=O)CC(O)(O)O. The van der Waals surface area contributed by atoms with Gasteiger partial charge in [-0.1, -0.05) is 0 Å². The van der Waals surface area contributed by atoms with Crippen molar-refractivity contribution in [2.45, 2.75) is 12.4 Å². The third kappa shape index (κ3) is 7.20. The van der Waals surface area contributed by atoms with Gasteiger partial charge < -0.3 is 26.4 Å². The van der Waals surface area contributed by atoms with Crippen LogP contribution in [-0.4, -0.2) is 40.3 Å². The zero-order valence-electron chi connectivity index (χ0n) is 5.95. The average Bonchev–Trinajstić information content (AvgIpc) is 1.79. The highest BCUT2D eigenvalue weighted by molar-refractivity contribution is 5.76. The molecule has 0 unspecified atom stereocenters. The van der Waals surface area contributed by atoms with Crippen molar-refractivity contribution in [3.8, 4) is 0 Å². The molecule has 11 heavy (non-hydrogen) atoms. The summed E-state index contributed by atoms with van der Waals surface area (Å²) in [4.78, 5) is 10.6. The van der Waals surface area contributed by atoms with E-state index in [9.17, 15) is 4.79 Å². The molecule has 0 rings (SSSR count). The van der Waals surface area contributed by atoms with Gasteiger partial charge in [-0.2, -0.15) is 0 Å². The van der Waals surface area contributed by atoms with E-state index in [4.69, 9.17) is 21.1 Å². The van der Waals surface area contributed by atoms with Crippen LogP contribution in [0.15, 0.2) is 0 Å². The molecule has 0 fully saturated rings. The molecule has 0 aliphatic rings. The molecule has 0 heterocycles. The lowest BCUT2D eigenvalue weighted by atomic mass is 10.3. The highest BCUT2D eigenvalue weighted by Crippen LogP contribution is 1.98. The lowest BCUT2D eigenvalue weighted by Crippen LogP contribution is -2.38. The number of rotatable bonds is 4. The van der Waals surface area contributed by atoms with E-state index in [0.717, 1.165) is 0 Å². The maximum Gasteiger partial charge on any atom is 0.284 e. The summed E-state index contributed by atoms with van der Waals surface area (Å²) < 4.78 is 0. The van der Waals surface area contributed by atoms with Crippen LogP contribution in [0.2, 0.25) is 0 Å². The summed E-state index contributed by atoms with van der Waals surface area (Å²) in [7, 11) is 0. The standard InChI is InChI=1S/C5H12N2O4/c6-1-2-7-4(8)3-5(9,10)11/h9-11H,1-3,6H2,(H,7,8). The van der Waals surface area contributed by atoms with Crippen molar-refractivity contribution in [3.63, 3.8) is 0 Å². The summed E-state index contributed by atoms with van der Waals surface area (Å²) in [6.45, 7) is 0.510. The average molecular weight is 164 g/mol. The maximum atomic E-state index is 10.6.